The molecule has 1 aromatic rings. The van der Waals surface area contributed by atoms with Crippen LogP contribution in [0, 0.1) is 11.7 Å². The lowest BCUT2D eigenvalue weighted by molar-refractivity contribution is 0.676. The highest BCUT2D eigenvalue weighted by atomic mass is 32.2. The Kier molecular flexibility index (Phi) is 1.51. The van der Waals surface area contributed by atoms with E-state index in [0.29, 0.717) is 11.5 Å². The first-order valence-electron chi connectivity index (χ1n) is 3.89. The third-order valence-electron chi connectivity index (χ3n) is 2.14. The van der Waals surface area contributed by atoms with Crippen LogP contribution < -0.4 is 0 Å². The summed E-state index contributed by atoms with van der Waals surface area (Å²) in [4.78, 5) is 0. The standard InChI is InChI=1S/C9H11NOS/c1-7-2-3-8-5-12(10,11)6-9(8)4-7/h2-4,10H,5-6H2,1H3. The fourth-order valence-corrected chi connectivity index (χ4v) is 3.24. The van der Waals surface area contributed by atoms with Gasteiger partial charge in [-0.3, -0.25) is 4.78 Å². The highest BCUT2D eigenvalue weighted by Gasteiger charge is 2.20. The lowest BCUT2D eigenvalue weighted by Gasteiger charge is -1.96. The van der Waals surface area contributed by atoms with Crippen LogP contribution in [-0.4, -0.2) is 4.21 Å². The van der Waals surface area contributed by atoms with Gasteiger partial charge in [0.15, 0.2) is 0 Å². The third-order valence-corrected chi connectivity index (χ3v) is 3.69. The fourth-order valence-electron chi connectivity index (χ4n) is 1.58. The van der Waals surface area contributed by atoms with Crippen molar-refractivity contribution in [1.82, 2.24) is 0 Å². The number of rotatable bonds is 0. The second-order valence-electron chi connectivity index (χ2n) is 3.37. The van der Waals surface area contributed by atoms with Crippen LogP contribution in [0.4, 0.5) is 0 Å². The molecule has 1 aromatic carbocycles. The normalized spacial score (nSPS) is 27.1. The van der Waals surface area contributed by atoms with E-state index in [2.05, 4.69) is 0 Å². The Bertz CT molecular complexity index is 420. The van der Waals surface area contributed by atoms with Crippen LogP contribution in [0.25, 0.3) is 0 Å². The van der Waals surface area contributed by atoms with Crippen LogP contribution in [-0.2, 0) is 21.2 Å². The zero-order chi connectivity index (χ0) is 8.77. The molecule has 1 aliphatic heterocycles. The first-order chi connectivity index (χ1) is 5.57. The van der Waals surface area contributed by atoms with Crippen molar-refractivity contribution in [3.05, 3.63) is 34.9 Å². The Balaban J connectivity index is 2.56. The Morgan fingerprint density at radius 2 is 2.00 bits per heavy atom. The molecular weight excluding hydrogens is 170 g/mol. The van der Waals surface area contributed by atoms with Crippen LogP contribution >= 0.6 is 0 Å². The van der Waals surface area contributed by atoms with Gasteiger partial charge in [0.05, 0.1) is 21.2 Å². The van der Waals surface area contributed by atoms with Gasteiger partial charge in [0, 0.05) is 0 Å². The van der Waals surface area contributed by atoms with Crippen molar-refractivity contribution in [2.45, 2.75) is 18.4 Å². The number of fused-ring (bicyclic) bond motifs is 1. The molecule has 0 spiro atoms. The second-order valence-corrected chi connectivity index (χ2v) is 5.57. The summed E-state index contributed by atoms with van der Waals surface area (Å²) in [7, 11) is -2.32. The number of benzene rings is 1. The van der Waals surface area contributed by atoms with Crippen molar-refractivity contribution in [3.8, 4) is 0 Å². The lowest BCUT2D eigenvalue weighted by Crippen LogP contribution is -1.92. The smallest absolute Gasteiger partial charge is 0.0572 e. The van der Waals surface area contributed by atoms with Gasteiger partial charge in [0.25, 0.3) is 0 Å². The minimum Gasteiger partial charge on any atom is -0.252 e. The van der Waals surface area contributed by atoms with Crippen LogP contribution in [0.3, 0.4) is 0 Å². The molecule has 1 atom stereocenters. The zero-order valence-electron chi connectivity index (χ0n) is 6.96. The van der Waals surface area contributed by atoms with Gasteiger partial charge >= 0.3 is 0 Å². The highest BCUT2D eigenvalue weighted by molar-refractivity contribution is 7.91. The van der Waals surface area contributed by atoms with Gasteiger partial charge in [-0.15, -0.1) is 0 Å². The zero-order valence-corrected chi connectivity index (χ0v) is 7.78. The van der Waals surface area contributed by atoms with Crippen LogP contribution in [0.1, 0.15) is 16.7 Å². The van der Waals surface area contributed by atoms with Gasteiger partial charge in [-0.1, -0.05) is 23.8 Å². The molecule has 64 valence electrons. The van der Waals surface area contributed by atoms with E-state index >= 15 is 0 Å². The number of hydrogen-bond donors (Lipinski definition) is 1. The molecule has 1 unspecified atom stereocenters. The molecule has 0 fully saturated rings. The third kappa shape index (κ3) is 1.25. The highest BCUT2D eigenvalue weighted by Crippen LogP contribution is 2.25. The Hall–Kier alpha value is -0.830. The van der Waals surface area contributed by atoms with E-state index in [0.717, 1.165) is 11.1 Å². The molecule has 1 N–H and O–H groups in total. The monoisotopic (exact) mass is 181 g/mol. The molecule has 1 aliphatic rings. The van der Waals surface area contributed by atoms with Crippen molar-refractivity contribution in [2.24, 2.45) is 0 Å². The minimum atomic E-state index is -2.32. The summed E-state index contributed by atoms with van der Waals surface area (Å²) in [5, 5.41) is 0. The molecule has 1 heterocycles. The maximum absolute atomic E-state index is 11.4. The summed E-state index contributed by atoms with van der Waals surface area (Å²) in [6, 6.07) is 6.04. The summed E-state index contributed by atoms with van der Waals surface area (Å²) in [5.74, 6) is 0.895. The van der Waals surface area contributed by atoms with Crippen molar-refractivity contribution in [2.75, 3.05) is 0 Å². The Morgan fingerprint density at radius 1 is 1.33 bits per heavy atom. The average molecular weight is 181 g/mol. The summed E-state index contributed by atoms with van der Waals surface area (Å²) >= 11 is 0. The molecule has 3 heteroatoms. The SMILES string of the molecule is Cc1ccc2c(c1)CS(=N)(=O)C2. The van der Waals surface area contributed by atoms with E-state index < -0.39 is 9.73 Å². The fraction of sp³-hybridized carbons (Fsp3) is 0.333. The second kappa shape index (κ2) is 2.33. The van der Waals surface area contributed by atoms with E-state index in [1.165, 1.54) is 5.56 Å². The Labute approximate surface area is 72.6 Å². The van der Waals surface area contributed by atoms with Gasteiger partial charge in [0.2, 0.25) is 0 Å². The lowest BCUT2D eigenvalue weighted by atomic mass is 10.1. The molecule has 0 radical (unpaired) electrons. The number of hydrogen-bond acceptors (Lipinski definition) is 2. The van der Waals surface area contributed by atoms with E-state index in [9.17, 15) is 4.21 Å². The van der Waals surface area contributed by atoms with Gasteiger partial charge in [-0.25, -0.2) is 4.21 Å². The minimum absolute atomic E-state index is 0.447. The van der Waals surface area contributed by atoms with Gasteiger partial charge in [-0.05, 0) is 18.1 Å². The van der Waals surface area contributed by atoms with Crippen LogP contribution in [0.2, 0.25) is 0 Å². The number of nitrogens with one attached hydrogen (secondary N) is 1. The summed E-state index contributed by atoms with van der Waals surface area (Å²) < 4.78 is 18.9. The quantitative estimate of drug-likeness (QED) is 0.654. The van der Waals surface area contributed by atoms with E-state index in [1.54, 1.807) is 0 Å². The summed E-state index contributed by atoms with van der Waals surface area (Å²) in [5.41, 5.74) is 3.39. The molecular formula is C9H11NOS. The van der Waals surface area contributed by atoms with Crippen molar-refractivity contribution >= 4 is 9.73 Å². The first-order valence-corrected chi connectivity index (χ1v) is 5.79. The summed E-state index contributed by atoms with van der Waals surface area (Å²) in [6.07, 6.45) is 0. The van der Waals surface area contributed by atoms with Crippen molar-refractivity contribution in [3.63, 3.8) is 0 Å². The molecule has 0 aliphatic carbocycles. The molecule has 12 heavy (non-hydrogen) atoms. The molecule has 0 bridgehead atoms. The Morgan fingerprint density at radius 3 is 2.75 bits per heavy atom. The predicted octanol–water partition coefficient (Wildman–Crippen LogP) is 2.06. The van der Waals surface area contributed by atoms with Crippen molar-refractivity contribution in [1.29, 1.82) is 4.78 Å². The van der Waals surface area contributed by atoms with E-state index in [-0.39, 0.29) is 0 Å². The van der Waals surface area contributed by atoms with Crippen molar-refractivity contribution < 1.29 is 4.21 Å². The van der Waals surface area contributed by atoms with Crippen LogP contribution in [0.15, 0.2) is 18.2 Å². The van der Waals surface area contributed by atoms with Gasteiger partial charge in [0.1, 0.15) is 0 Å². The molecule has 0 saturated heterocycles. The maximum Gasteiger partial charge on any atom is 0.0572 e. The topological polar surface area (TPSA) is 40.9 Å². The van der Waals surface area contributed by atoms with Gasteiger partial charge < -0.3 is 0 Å². The van der Waals surface area contributed by atoms with Crippen LogP contribution in [0.5, 0.6) is 0 Å². The molecule has 0 amide bonds. The molecule has 2 nitrogen and oxygen atoms in total. The average Bonchev–Trinajstić information content (AvgIpc) is 2.21. The number of aryl methyl sites for hydroxylation is 1. The maximum atomic E-state index is 11.4. The predicted molar refractivity (Wildman–Crippen MR) is 49.4 cm³/mol. The molecule has 0 saturated carbocycles. The largest absolute Gasteiger partial charge is 0.252 e. The summed E-state index contributed by atoms with van der Waals surface area (Å²) in [6.45, 7) is 2.02. The first kappa shape index (κ1) is 7.80. The van der Waals surface area contributed by atoms with E-state index in [4.69, 9.17) is 4.78 Å². The van der Waals surface area contributed by atoms with E-state index in [1.807, 2.05) is 25.1 Å². The van der Waals surface area contributed by atoms with Gasteiger partial charge in [-0.2, -0.15) is 0 Å². The molecule has 0 aromatic heterocycles. The molecule has 2 rings (SSSR count).